The number of hydrogen-bond acceptors (Lipinski definition) is 8. The highest BCUT2D eigenvalue weighted by atomic mass is 32.2. The van der Waals surface area contributed by atoms with Crippen LogP contribution >= 0.6 is 0 Å². The molecule has 0 spiro atoms. The van der Waals surface area contributed by atoms with Gasteiger partial charge in [0.15, 0.2) is 0 Å². The minimum Gasteiger partial charge on any atom is -0.478 e. The lowest BCUT2D eigenvalue weighted by atomic mass is 10.3. The minimum absolute atomic E-state index is 0.257. The first-order valence-electron chi connectivity index (χ1n) is 12.2. The Balaban J connectivity index is 0.000000436. The van der Waals surface area contributed by atoms with E-state index in [9.17, 15) is 18.0 Å². The van der Waals surface area contributed by atoms with Crippen LogP contribution in [0.5, 0.6) is 0 Å². The van der Waals surface area contributed by atoms with Crippen molar-refractivity contribution in [2.45, 2.75) is 17.7 Å². The molecular weight excluding hydrogens is 510 g/mol. The van der Waals surface area contributed by atoms with Gasteiger partial charge in [0, 0.05) is 63.7 Å². The Morgan fingerprint density at radius 2 is 1.50 bits per heavy atom. The van der Waals surface area contributed by atoms with Crippen molar-refractivity contribution in [1.82, 2.24) is 9.88 Å². The average molecular weight is 544 g/mol. The van der Waals surface area contributed by atoms with Crippen LogP contribution in [0.15, 0.2) is 72.3 Å². The molecular formula is C26H33N5O6S. The van der Waals surface area contributed by atoms with Gasteiger partial charge in [-0.15, -0.1) is 6.58 Å². The highest BCUT2D eigenvalue weighted by Crippen LogP contribution is 2.24. The number of aliphatic carboxylic acids is 2. The molecule has 38 heavy (non-hydrogen) atoms. The molecule has 1 aromatic carbocycles. The van der Waals surface area contributed by atoms with Crippen LogP contribution in [0.3, 0.4) is 0 Å². The third-order valence-electron chi connectivity index (χ3n) is 6.07. The van der Waals surface area contributed by atoms with Gasteiger partial charge >= 0.3 is 11.9 Å². The maximum Gasteiger partial charge on any atom is 0.328 e. The molecule has 12 heteroatoms. The number of carbonyl (C=O) groups is 2. The Bertz CT molecular complexity index is 1200. The number of rotatable bonds is 9. The van der Waals surface area contributed by atoms with Crippen LogP contribution in [-0.4, -0.2) is 86.3 Å². The van der Waals surface area contributed by atoms with E-state index in [-0.39, 0.29) is 4.90 Å². The quantitative estimate of drug-likeness (QED) is 0.319. The molecule has 2 fully saturated rings. The number of anilines is 3. The second kappa shape index (κ2) is 13.6. The minimum atomic E-state index is -3.64. The van der Waals surface area contributed by atoms with Crippen molar-refractivity contribution in [2.24, 2.45) is 0 Å². The van der Waals surface area contributed by atoms with Crippen molar-refractivity contribution in [3.63, 3.8) is 0 Å². The second-order valence-corrected chi connectivity index (χ2v) is 10.5. The van der Waals surface area contributed by atoms with Crippen molar-refractivity contribution in [2.75, 3.05) is 60.3 Å². The molecule has 0 unspecified atom stereocenters. The van der Waals surface area contributed by atoms with Crippen LogP contribution in [-0.2, 0) is 19.6 Å². The lowest BCUT2D eigenvalue weighted by Crippen LogP contribution is -2.46. The first-order valence-corrected chi connectivity index (χ1v) is 13.7. The topological polar surface area (TPSA) is 143 Å². The summed E-state index contributed by atoms with van der Waals surface area (Å²) in [5.41, 5.74) is 1.54. The van der Waals surface area contributed by atoms with Crippen LogP contribution in [0.1, 0.15) is 12.8 Å². The summed E-state index contributed by atoms with van der Waals surface area (Å²) in [7, 11) is -3.64. The lowest BCUT2D eigenvalue weighted by molar-refractivity contribution is -0.134. The van der Waals surface area contributed by atoms with Gasteiger partial charge < -0.3 is 20.0 Å². The molecule has 2 saturated heterocycles. The molecule has 0 atom stereocenters. The van der Waals surface area contributed by atoms with Crippen molar-refractivity contribution in [3.05, 3.63) is 67.4 Å². The third-order valence-corrected chi connectivity index (χ3v) is 7.47. The monoisotopic (exact) mass is 543 g/mol. The molecule has 204 valence electrons. The zero-order valence-electron chi connectivity index (χ0n) is 21.1. The van der Waals surface area contributed by atoms with E-state index in [1.54, 1.807) is 24.4 Å². The average Bonchev–Trinajstić information content (AvgIpc) is 3.44. The number of sulfonamides is 1. The van der Waals surface area contributed by atoms with Crippen LogP contribution in [0.2, 0.25) is 0 Å². The van der Waals surface area contributed by atoms with Gasteiger partial charge in [-0.05, 0) is 49.2 Å². The normalized spacial score (nSPS) is 16.1. The maximum absolute atomic E-state index is 12.7. The molecule has 11 nitrogen and oxygen atoms in total. The highest BCUT2D eigenvalue weighted by molar-refractivity contribution is 7.92. The fraction of sp³-hybridized carbons (Fsp3) is 0.346. The van der Waals surface area contributed by atoms with Gasteiger partial charge in [0.1, 0.15) is 5.82 Å². The van der Waals surface area contributed by atoms with Crippen molar-refractivity contribution >= 4 is 39.2 Å². The number of nitrogens with zero attached hydrogens (tertiary/aromatic N) is 4. The summed E-state index contributed by atoms with van der Waals surface area (Å²) in [5.74, 6) is -1.65. The molecule has 0 saturated carbocycles. The van der Waals surface area contributed by atoms with E-state index in [2.05, 4.69) is 31.0 Å². The molecule has 0 amide bonds. The summed E-state index contributed by atoms with van der Waals surface area (Å²) in [6, 6.07) is 10.7. The van der Waals surface area contributed by atoms with E-state index in [0.29, 0.717) is 17.8 Å². The number of hydrogen-bond donors (Lipinski definition) is 3. The van der Waals surface area contributed by atoms with Gasteiger partial charge in [-0.3, -0.25) is 9.62 Å². The Morgan fingerprint density at radius 1 is 0.895 bits per heavy atom. The summed E-state index contributed by atoms with van der Waals surface area (Å²) < 4.78 is 28.1. The molecule has 2 aliphatic heterocycles. The fourth-order valence-electron chi connectivity index (χ4n) is 4.14. The molecule has 4 rings (SSSR count). The van der Waals surface area contributed by atoms with Crippen molar-refractivity contribution in [3.8, 4) is 0 Å². The largest absolute Gasteiger partial charge is 0.478 e. The molecule has 3 heterocycles. The number of aromatic nitrogens is 1. The first-order chi connectivity index (χ1) is 18.2. The van der Waals surface area contributed by atoms with Crippen molar-refractivity contribution in [1.29, 1.82) is 0 Å². The maximum atomic E-state index is 12.7. The van der Waals surface area contributed by atoms with E-state index in [1.165, 1.54) is 12.8 Å². The number of carboxylic acids is 2. The van der Waals surface area contributed by atoms with Crippen molar-refractivity contribution < 1.29 is 28.2 Å². The first kappa shape index (κ1) is 28.7. The van der Waals surface area contributed by atoms with Gasteiger partial charge in [-0.1, -0.05) is 6.08 Å². The predicted octanol–water partition coefficient (Wildman–Crippen LogP) is 2.50. The molecule has 1 aromatic heterocycles. The summed E-state index contributed by atoms with van der Waals surface area (Å²) >= 11 is 0. The van der Waals surface area contributed by atoms with Gasteiger partial charge in [-0.2, -0.15) is 0 Å². The summed E-state index contributed by atoms with van der Waals surface area (Å²) in [5, 5.41) is 15.6. The van der Waals surface area contributed by atoms with Crippen LogP contribution < -0.4 is 14.5 Å². The standard InChI is InChI=1S/C22H29N5O2S.C4H4O4/c1-2-11-25-14-16-27(17-15-25)22-10-5-19(18-23-22)24-30(28,29)21-8-6-20(7-9-21)26-12-3-4-13-26;5-3(6)1-2-4(7)8/h2,5-10,18,24H,1,3-4,11-17H2;1-2H,(H,5,6)(H,7,8)/b;2-1+. The van der Waals surface area contributed by atoms with Gasteiger partial charge in [0.05, 0.1) is 16.8 Å². The number of piperazine rings is 1. The summed E-state index contributed by atoms with van der Waals surface area (Å²) in [6.45, 7) is 10.5. The van der Waals surface area contributed by atoms with Gasteiger partial charge in [-0.25, -0.2) is 23.0 Å². The fourth-order valence-corrected chi connectivity index (χ4v) is 5.19. The highest BCUT2D eigenvalue weighted by Gasteiger charge is 2.19. The van der Waals surface area contributed by atoms with Crippen LogP contribution in [0.4, 0.5) is 17.2 Å². The Morgan fingerprint density at radius 3 is 2.00 bits per heavy atom. The number of nitrogens with one attached hydrogen (secondary N) is 1. The predicted molar refractivity (Wildman–Crippen MR) is 146 cm³/mol. The zero-order chi connectivity index (χ0) is 27.5. The van der Waals surface area contributed by atoms with Gasteiger partial charge in [0.25, 0.3) is 10.0 Å². The SMILES string of the molecule is C=CCN1CCN(c2ccc(NS(=O)(=O)c3ccc(N4CCCC4)cc3)cn2)CC1.O=C(O)/C=C/C(=O)O. The lowest BCUT2D eigenvalue weighted by Gasteiger charge is -2.34. The van der Waals surface area contributed by atoms with E-state index in [1.807, 2.05) is 24.3 Å². The summed E-state index contributed by atoms with van der Waals surface area (Å²) in [6.07, 6.45) is 7.01. The number of pyridine rings is 1. The smallest absolute Gasteiger partial charge is 0.328 e. The van der Waals surface area contributed by atoms with Crippen LogP contribution in [0.25, 0.3) is 0 Å². The zero-order valence-corrected chi connectivity index (χ0v) is 21.9. The Kier molecular flexibility index (Phi) is 10.3. The van der Waals surface area contributed by atoms with Crippen LogP contribution in [0, 0.1) is 0 Å². The molecule has 2 aliphatic rings. The third kappa shape index (κ3) is 8.60. The number of benzene rings is 1. The van der Waals surface area contributed by atoms with E-state index in [0.717, 1.165) is 57.3 Å². The van der Waals surface area contributed by atoms with E-state index < -0.39 is 22.0 Å². The van der Waals surface area contributed by atoms with E-state index >= 15 is 0 Å². The Hall–Kier alpha value is -3.90. The number of carboxylic acid groups (broad SMARTS) is 2. The second-order valence-electron chi connectivity index (χ2n) is 8.78. The Labute approximate surface area is 222 Å². The summed E-state index contributed by atoms with van der Waals surface area (Å²) in [4.78, 5) is 30.7. The molecule has 0 aliphatic carbocycles. The van der Waals surface area contributed by atoms with E-state index in [4.69, 9.17) is 10.2 Å². The molecule has 3 N–H and O–H groups in total. The molecule has 2 aromatic rings. The molecule has 0 bridgehead atoms. The van der Waals surface area contributed by atoms with Gasteiger partial charge in [0.2, 0.25) is 0 Å². The molecule has 0 radical (unpaired) electrons.